The molecule has 27 heteroatoms. The Kier molecular flexibility index (Phi) is 14.5. The molecule has 0 aliphatic heterocycles. The van der Waals surface area contributed by atoms with Gasteiger partial charge in [0.2, 0.25) is 0 Å². The summed E-state index contributed by atoms with van der Waals surface area (Å²) in [6.07, 6.45) is 0. The maximum atomic E-state index is 12.6. The fourth-order valence-corrected chi connectivity index (χ4v) is 6.67. The Balaban J connectivity index is 1.79. The Labute approximate surface area is 280 Å². The summed E-state index contributed by atoms with van der Waals surface area (Å²) in [6, 6.07) is 9.97. The molecule has 0 saturated carbocycles. The predicted octanol–water partition coefficient (Wildman–Crippen LogP) is 3.87. The number of nitrogens with two attached hydrogens (primary N) is 2. The van der Waals surface area contributed by atoms with Crippen molar-refractivity contribution >= 4 is 88.8 Å². The van der Waals surface area contributed by atoms with E-state index < -0.39 is 48.2 Å². The van der Waals surface area contributed by atoms with Gasteiger partial charge >= 0.3 is 10.4 Å². The topological polar surface area (TPSA) is 333 Å². The first-order valence-corrected chi connectivity index (χ1v) is 18.3. The lowest BCUT2D eigenvalue weighted by atomic mass is 10.3. The van der Waals surface area contributed by atoms with E-state index in [1.807, 2.05) is 0 Å². The molecule has 0 unspecified atom stereocenters. The number of nitrogens with zero attached hydrogens (tertiary/aromatic N) is 5. The number of nitrogen functional groups attached to an aromatic ring is 2. The van der Waals surface area contributed by atoms with Crippen molar-refractivity contribution in [3.63, 3.8) is 0 Å². The van der Waals surface area contributed by atoms with Crippen molar-refractivity contribution in [3.05, 3.63) is 48.5 Å². The lowest BCUT2D eigenvalue weighted by molar-refractivity contribution is -0.434. The highest BCUT2D eigenvalue weighted by molar-refractivity contribution is 7.95. The molecule has 0 amide bonds. The van der Waals surface area contributed by atoms with Gasteiger partial charge < -0.3 is 11.5 Å². The average molecular weight is 774 g/mol. The number of pyridine rings is 1. The molecular weight excluding hydrogens is 751 g/mol. The zero-order valence-electron chi connectivity index (χ0n) is 23.6. The van der Waals surface area contributed by atoms with Gasteiger partial charge in [-0.25, -0.2) is 36.5 Å². The van der Waals surface area contributed by atoms with Crippen LogP contribution in [0.3, 0.4) is 0 Å². The molecule has 22 nitrogen and oxygen atoms in total. The molecule has 0 aliphatic rings. The zero-order valence-corrected chi connectivity index (χ0v) is 27.7. The van der Waals surface area contributed by atoms with Crippen molar-refractivity contribution in [1.29, 1.82) is 0 Å². The second kappa shape index (κ2) is 17.8. The molecule has 48 heavy (non-hydrogen) atoms. The Morgan fingerprint density at radius 1 is 0.708 bits per heavy atom. The van der Waals surface area contributed by atoms with Crippen LogP contribution < -0.4 is 11.5 Å². The van der Waals surface area contributed by atoms with E-state index in [1.54, 1.807) is 0 Å². The molecule has 7 N–H and O–H groups in total. The number of benzene rings is 2. The first-order chi connectivity index (χ1) is 22.6. The minimum atomic E-state index is -4.86. The van der Waals surface area contributed by atoms with Gasteiger partial charge in [-0.05, 0) is 42.5 Å². The number of sulfone groups is 2. The number of hydrogen-bond acceptors (Lipinski definition) is 23. The third-order valence-corrected chi connectivity index (χ3v) is 10.2. The summed E-state index contributed by atoms with van der Waals surface area (Å²) in [5, 5.41) is 39.4. The summed E-state index contributed by atoms with van der Waals surface area (Å²) in [7, 11) is -12.7. The number of anilines is 2. The molecule has 3 rings (SSSR count). The van der Waals surface area contributed by atoms with Crippen LogP contribution in [0.5, 0.6) is 0 Å². The van der Waals surface area contributed by atoms with Crippen LogP contribution in [0.15, 0.2) is 83.7 Å². The maximum Gasteiger partial charge on any atom is 0.397 e. The van der Waals surface area contributed by atoms with Gasteiger partial charge in [-0.15, -0.1) is 24.0 Å². The van der Waals surface area contributed by atoms with Gasteiger partial charge in [0.05, 0.1) is 57.1 Å². The van der Waals surface area contributed by atoms with Gasteiger partial charge in [-0.1, -0.05) is 10.1 Å². The first kappa shape index (κ1) is 39.0. The number of hydrogen-bond donors (Lipinski definition) is 5. The Morgan fingerprint density at radius 3 is 1.90 bits per heavy atom. The lowest BCUT2D eigenvalue weighted by Crippen LogP contribution is -2.15. The van der Waals surface area contributed by atoms with E-state index in [0.29, 0.717) is 12.0 Å². The molecule has 0 bridgehead atoms. The molecule has 3 aromatic rings. The Hall–Kier alpha value is -3.42. The number of aromatic nitrogens is 1. The van der Waals surface area contributed by atoms with Gasteiger partial charge in [0.25, 0.3) is 0 Å². The molecule has 1 aromatic heterocycles. The summed E-state index contributed by atoms with van der Waals surface area (Å²) in [4.78, 5) is 3.53. The molecule has 0 saturated heterocycles. The minimum Gasteiger partial charge on any atom is -0.382 e. The zero-order chi connectivity index (χ0) is 35.4. The second-order valence-electron chi connectivity index (χ2n) is 8.47. The monoisotopic (exact) mass is 773 g/mol. The maximum absolute atomic E-state index is 12.6. The molecule has 1 heterocycles. The van der Waals surface area contributed by atoms with E-state index in [0.717, 1.165) is 12.1 Å². The van der Waals surface area contributed by atoms with Crippen LogP contribution in [0.25, 0.3) is 0 Å². The van der Waals surface area contributed by atoms with Gasteiger partial charge in [0, 0.05) is 6.07 Å². The first-order valence-electron chi connectivity index (χ1n) is 12.3. The summed E-state index contributed by atoms with van der Waals surface area (Å²) >= 11 is 0.590. The van der Waals surface area contributed by atoms with Crippen molar-refractivity contribution in [2.24, 2.45) is 20.5 Å². The van der Waals surface area contributed by atoms with Crippen LogP contribution in [0.1, 0.15) is 0 Å². The van der Waals surface area contributed by atoms with Crippen LogP contribution in [0.4, 0.5) is 34.4 Å². The highest BCUT2D eigenvalue weighted by atomic mass is 32.3. The standard InChI is InChI=1S/C21H23N7O15S5/c22-20-17(27-25-13-1-3-14(4-2-13)46(31,32)9-7-38-45-43-41-30)12-18(21(23)24-20)28-26-16-6-5-15(11-19(16)44-42-40-29)47(33,34)10-8-39-48(35,36)37/h1-6,11-12,29-30H,7-10H2,(H4,22,23,24)(H,35,36,37). The fourth-order valence-electron chi connectivity index (χ4n) is 3.21. The van der Waals surface area contributed by atoms with Crippen molar-refractivity contribution in [3.8, 4) is 0 Å². The third-order valence-electron chi connectivity index (χ3n) is 5.34. The van der Waals surface area contributed by atoms with Crippen molar-refractivity contribution < 1.29 is 67.4 Å². The number of azo groups is 2. The van der Waals surface area contributed by atoms with E-state index in [-0.39, 0.29) is 68.0 Å². The summed E-state index contributed by atoms with van der Waals surface area (Å²) in [6.45, 7) is -1.13. The molecule has 0 aliphatic carbocycles. The summed E-state index contributed by atoms with van der Waals surface area (Å²) < 4.78 is 97.3. The van der Waals surface area contributed by atoms with Crippen molar-refractivity contribution in [2.45, 2.75) is 14.7 Å². The SMILES string of the molecule is Nc1nc(N)c(N=Nc2ccc(S(=O)(=O)CCOS(=O)(=O)O)cc2SOOO)cc1N=Nc1ccc(S(=O)(=O)CCOSOOO)cc1. The van der Waals surface area contributed by atoms with Gasteiger partial charge in [-0.2, -0.15) is 13.5 Å². The lowest BCUT2D eigenvalue weighted by Gasteiger charge is -2.08. The van der Waals surface area contributed by atoms with Crippen LogP contribution in [-0.2, 0) is 57.2 Å². The summed E-state index contributed by atoms with van der Waals surface area (Å²) in [5.74, 6) is -1.54. The van der Waals surface area contributed by atoms with Crippen LogP contribution in [0.2, 0.25) is 0 Å². The normalized spacial score (nSPS) is 12.7. The van der Waals surface area contributed by atoms with Crippen molar-refractivity contribution in [2.75, 3.05) is 36.2 Å². The van der Waals surface area contributed by atoms with E-state index in [9.17, 15) is 25.3 Å². The molecule has 2 aromatic carbocycles. The Morgan fingerprint density at radius 2 is 1.27 bits per heavy atom. The highest BCUT2D eigenvalue weighted by Crippen LogP contribution is 2.36. The van der Waals surface area contributed by atoms with E-state index in [2.05, 4.69) is 48.4 Å². The molecular formula is C21H23N7O15S5. The average Bonchev–Trinajstić information content (AvgIpc) is 3.02. The molecule has 0 spiro atoms. The van der Waals surface area contributed by atoms with Crippen LogP contribution in [-0.4, -0.2) is 70.0 Å². The molecule has 0 fully saturated rings. The summed E-state index contributed by atoms with van der Waals surface area (Å²) in [5.41, 5.74) is 12.0. The number of rotatable bonds is 19. The third kappa shape index (κ3) is 12.2. The van der Waals surface area contributed by atoms with Crippen LogP contribution >= 0.6 is 24.4 Å². The second-order valence-corrected chi connectivity index (χ2v) is 15.0. The predicted molar refractivity (Wildman–Crippen MR) is 165 cm³/mol. The molecule has 262 valence electrons. The quantitative estimate of drug-likeness (QED) is 0.0288. The highest BCUT2D eigenvalue weighted by Gasteiger charge is 2.20. The van der Waals surface area contributed by atoms with Gasteiger partial charge in [0.15, 0.2) is 43.6 Å². The smallest absolute Gasteiger partial charge is 0.382 e. The van der Waals surface area contributed by atoms with Crippen LogP contribution in [0, 0.1) is 0 Å². The molecule has 0 radical (unpaired) electrons. The van der Waals surface area contributed by atoms with E-state index >= 15 is 0 Å². The largest absolute Gasteiger partial charge is 0.397 e. The van der Waals surface area contributed by atoms with Crippen molar-refractivity contribution in [1.82, 2.24) is 4.98 Å². The van der Waals surface area contributed by atoms with Gasteiger partial charge in [0.1, 0.15) is 17.1 Å². The van der Waals surface area contributed by atoms with E-state index in [1.165, 1.54) is 36.4 Å². The minimum absolute atomic E-state index is 0.00117. The van der Waals surface area contributed by atoms with Gasteiger partial charge in [-0.3, -0.25) is 8.74 Å². The fraction of sp³-hybridized carbons (Fsp3) is 0.190. The Bertz CT molecular complexity index is 1950. The molecule has 0 atom stereocenters. The van der Waals surface area contributed by atoms with E-state index in [4.69, 9.17) is 30.7 Å².